The molecule has 0 atom stereocenters. The normalized spacial score (nSPS) is 10.9. The molecule has 0 bridgehead atoms. The lowest BCUT2D eigenvalue weighted by Gasteiger charge is -2.12. The number of pyridine rings is 1. The van der Waals surface area contributed by atoms with Crippen LogP contribution in [0.4, 0.5) is 11.9 Å². The SMILES string of the molecule is COc1ccc2c(-c3ccccc3)cc(SCc3nc(N)nc(N(C)C)n3)nc2c1. The highest BCUT2D eigenvalue weighted by Crippen LogP contribution is 2.34. The van der Waals surface area contributed by atoms with E-state index in [1.165, 1.54) is 0 Å². The standard InChI is InChI=1S/C22H22N6OS/c1-28(2)22-26-19(25-21(23)27-22)13-30-20-12-17(14-7-5-4-6-8-14)16-10-9-15(29-3)11-18(16)24-20/h4-12H,13H2,1-3H3,(H2,23,25,26,27). The number of nitrogens with zero attached hydrogens (tertiary/aromatic N) is 5. The van der Waals surface area contributed by atoms with Crippen molar-refractivity contribution in [2.75, 3.05) is 31.8 Å². The van der Waals surface area contributed by atoms with Crippen LogP contribution in [0.2, 0.25) is 0 Å². The van der Waals surface area contributed by atoms with Crippen molar-refractivity contribution in [2.24, 2.45) is 0 Å². The maximum Gasteiger partial charge on any atom is 0.229 e. The van der Waals surface area contributed by atoms with E-state index in [-0.39, 0.29) is 5.95 Å². The molecule has 0 radical (unpaired) electrons. The highest BCUT2D eigenvalue weighted by Gasteiger charge is 2.12. The summed E-state index contributed by atoms with van der Waals surface area (Å²) >= 11 is 1.56. The molecule has 0 amide bonds. The van der Waals surface area contributed by atoms with Crippen molar-refractivity contribution in [1.82, 2.24) is 19.9 Å². The van der Waals surface area contributed by atoms with E-state index in [0.717, 1.165) is 32.8 Å². The van der Waals surface area contributed by atoms with Gasteiger partial charge in [0.2, 0.25) is 11.9 Å². The van der Waals surface area contributed by atoms with E-state index < -0.39 is 0 Å². The Labute approximate surface area is 179 Å². The van der Waals surface area contributed by atoms with Crippen LogP contribution in [0.25, 0.3) is 22.0 Å². The van der Waals surface area contributed by atoms with Gasteiger partial charge in [0.05, 0.1) is 23.4 Å². The van der Waals surface area contributed by atoms with Gasteiger partial charge in [-0.2, -0.15) is 15.0 Å². The summed E-state index contributed by atoms with van der Waals surface area (Å²) in [6.07, 6.45) is 0. The fourth-order valence-electron chi connectivity index (χ4n) is 3.07. The van der Waals surface area contributed by atoms with E-state index in [0.29, 0.717) is 17.5 Å². The molecule has 4 aromatic rings. The van der Waals surface area contributed by atoms with Crippen LogP contribution in [0.1, 0.15) is 5.82 Å². The first-order valence-corrected chi connectivity index (χ1v) is 10.4. The van der Waals surface area contributed by atoms with E-state index in [4.69, 9.17) is 15.5 Å². The lowest BCUT2D eigenvalue weighted by Crippen LogP contribution is -2.15. The van der Waals surface area contributed by atoms with Crippen LogP contribution in [-0.2, 0) is 5.75 Å². The first-order valence-electron chi connectivity index (χ1n) is 9.38. The summed E-state index contributed by atoms with van der Waals surface area (Å²) in [4.78, 5) is 19.5. The van der Waals surface area contributed by atoms with Crippen LogP contribution >= 0.6 is 11.8 Å². The average molecular weight is 419 g/mol. The van der Waals surface area contributed by atoms with Gasteiger partial charge in [-0.15, -0.1) is 0 Å². The van der Waals surface area contributed by atoms with E-state index in [2.05, 4.69) is 33.2 Å². The first-order chi connectivity index (χ1) is 14.5. The maximum atomic E-state index is 5.84. The number of hydrogen-bond acceptors (Lipinski definition) is 8. The summed E-state index contributed by atoms with van der Waals surface area (Å²) in [5, 5.41) is 1.95. The molecule has 8 heteroatoms. The molecule has 0 fully saturated rings. The fourth-order valence-corrected chi connectivity index (χ4v) is 3.84. The van der Waals surface area contributed by atoms with Gasteiger partial charge in [-0.25, -0.2) is 4.98 Å². The summed E-state index contributed by atoms with van der Waals surface area (Å²) in [6, 6.07) is 18.4. The van der Waals surface area contributed by atoms with Crippen LogP contribution < -0.4 is 15.4 Å². The van der Waals surface area contributed by atoms with Crippen LogP contribution in [0, 0.1) is 0 Å². The Balaban J connectivity index is 1.72. The van der Waals surface area contributed by atoms with Crippen LogP contribution in [0.5, 0.6) is 5.75 Å². The lowest BCUT2D eigenvalue weighted by atomic mass is 10.0. The topological polar surface area (TPSA) is 90.0 Å². The molecule has 2 aromatic carbocycles. The minimum Gasteiger partial charge on any atom is -0.497 e. The molecule has 0 spiro atoms. The van der Waals surface area contributed by atoms with Crippen molar-refractivity contribution in [2.45, 2.75) is 10.8 Å². The third kappa shape index (κ3) is 4.28. The monoisotopic (exact) mass is 418 g/mol. The van der Waals surface area contributed by atoms with Crippen molar-refractivity contribution < 1.29 is 4.74 Å². The second-order valence-corrected chi connectivity index (χ2v) is 7.85. The molecule has 30 heavy (non-hydrogen) atoms. The molecule has 0 saturated heterocycles. The molecule has 0 aliphatic heterocycles. The molecule has 2 heterocycles. The number of methoxy groups -OCH3 is 1. The minimum absolute atomic E-state index is 0.213. The molecule has 2 N–H and O–H groups in total. The number of hydrogen-bond donors (Lipinski definition) is 1. The van der Waals surface area contributed by atoms with E-state index in [1.54, 1.807) is 23.8 Å². The number of ether oxygens (including phenoxy) is 1. The second-order valence-electron chi connectivity index (χ2n) is 6.85. The number of thioether (sulfide) groups is 1. The van der Waals surface area contributed by atoms with Gasteiger partial charge in [0, 0.05) is 25.5 Å². The van der Waals surface area contributed by atoms with Gasteiger partial charge in [-0.3, -0.25) is 0 Å². The second kappa shape index (κ2) is 8.54. The molecule has 7 nitrogen and oxygen atoms in total. The number of rotatable bonds is 6. The van der Waals surface area contributed by atoms with Gasteiger partial charge in [0.15, 0.2) is 0 Å². The van der Waals surface area contributed by atoms with Crippen LogP contribution in [0.15, 0.2) is 59.6 Å². The zero-order valence-corrected chi connectivity index (χ0v) is 17.8. The summed E-state index contributed by atoms with van der Waals surface area (Å²) in [5.74, 6) is 2.68. The first kappa shape index (κ1) is 19.9. The zero-order valence-electron chi connectivity index (χ0n) is 17.0. The fraction of sp³-hybridized carbons (Fsp3) is 0.182. The molecule has 4 rings (SSSR count). The smallest absolute Gasteiger partial charge is 0.229 e. The molecular weight excluding hydrogens is 396 g/mol. The Morgan fingerprint density at radius 2 is 1.77 bits per heavy atom. The number of fused-ring (bicyclic) bond motifs is 1. The van der Waals surface area contributed by atoms with Crippen molar-refractivity contribution in [1.29, 1.82) is 0 Å². The summed E-state index contributed by atoms with van der Waals surface area (Å²) in [7, 11) is 5.40. The van der Waals surface area contributed by atoms with Gasteiger partial charge in [0.25, 0.3) is 0 Å². The Hall–Kier alpha value is -3.39. The molecular formula is C22H22N6OS. The van der Waals surface area contributed by atoms with E-state index in [1.807, 2.05) is 50.5 Å². The van der Waals surface area contributed by atoms with Gasteiger partial charge < -0.3 is 15.4 Å². The molecule has 0 aliphatic rings. The zero-order chi connectivity index (χ0) is 21.1. The van der Waals surface area contributed by atoms with Gasteiger partial charge >= 0.3 is 0 Å². The number of aromatic nitrogens is 4. The molecule has 0 saturated carbocycles. The Morgan fingerprint density at radius 1 is 0.967 bits per heavy atom. The minimum atomic E-state index is 0.213. The predicted molar refractivity (Wildman–Crippen MR) is 122 cm³/mol. The quantitative estimate of drug-likeness (QED) is 0.469. The van der Waals surface area contributed by atoms with Crippen molar-refractivity contribution in [3.63, 3.8) is 0 Å². The highest BCUT2D eigenvalue weighted by atomic mass is 32.2. The number of nitrogens with two attached hydrogens (primary N) is 1. The maximum absolute atomic E-state index is 5.84. The Morgan fingerprint density at radius 3 is 2.50 bits per heavy atom. The Bertz CT molecular complexity index is 1180. The molecule has 152 valence electrons. The summed E-state index contributed by atoms with van der Waals surface area (Å²) < 4.78 is 5.39. The third-order valence-corrected chi connectivity index (χ3v) is 5.42. The molecule has 0 aliphatic carbocycles. The van der Waals surface area contributed by atoms with E-state index in [9.17, 15) is 0 Å². The summed E-state index contributed by atoms with van der Waals surface area (Å²) in [5.41, 5.74) is 8.98. The highest BCUT2D eigenvalue weighted by molar-refractivity contribution is 7.98. The van der Waals surface area contributed by atoms with Gasteiger partial charge in [-0.1, -0.05) is 42.1 Å². The predicted octanol–water partition coefficient (Wildman–Crippen LogP) is 4.04. The largest absolute Gasteiger partial charge is 0.497 e. The molecule has 2 aromatic heterocycles. The number of benzene rings is 2. The number of anilines is 2. The van der Waals surface area contributed by atoms with Gasteiger partial charge in [0.1, 0.15) is 11.6 Å². The van der Waals surface area contributed by atoms with Gasteiger partial charge in [-0.05, 0) is 29.3 Å². The van der Waals surface area contributed by atoms with Crippen molar-refractivity contribution in [3.8, 4) is 16.9 Å². The lowest BCUT2D eigenvalue weighted by molar-refractivity contribution is 0.415. The van der Waals surface area contributed by atoms with Crippen molar-refractivity contribution in [3.05, 3.63) is 60.4 Å². The van der Waals surface area contributed by atoms with Crippen molar-refractivity contribution >= 4 is 34.6 Å². The third-order valence-electron chi connectivity index (χ3n) is 4.51. The number of nitrogen functional groups attached to an aromatic ring is 1. The average Bonchev–Trinajstić information content (AvgIpc) is 2.76. The van der Waals surface area contributed by atoms with E-state index >= 15 is 0 Å². The van der Waals surface area contributed by atoms with Crippen LogP contribution in [0.3, 0.4) is 0 Å². The van der Waals surface area contributed by atoms with Crippen LogP contribution in [-0.4, -0.2) is 41.1 Å². The summed E-state index contributed by atoms with van der Waals surface area (Å²) in [6.45, 7) is 0. The molecule has 0 unspecified atom stereocenters. The Kier molecular flexibility index (Phi) is 5.67.